The highest BCUT2D eigenvalue weighted by atomic mass is 79.9. The van der Waals surface area contributed by atoms with Crippen LogP contribution in [-0.4, -0.2) is 62.7 Å². The van der Waals surface area contributed by atoms with Crippen molar-refractivity contribution in [1.82, 2.24) is 9.80 Å². The average molecular weight is 463 g/mol. The van der Waals surface area contributed by atoms with Crippen LogP contribution in [0.15, 0.2) is 40.9 Å². The number of methoxy groups -OCH3 is 2. The van der Waals surface area contributed by atoms with Gasteiger partial charge in [0.05, 0.1) is 14.2 Å². The molecule has 7 heteroatoms. The second-order valence-corrected chi connectivity index (χ2v) is 7.90. The Morgan fingerprint density at radius 1 is 1.00 bits per heavy atom. The lowest BCUT2D eigenvalue weighted by Gasteiger charge is -2.35. The summed E-state index contributed by atoms with van der Waals surface area (Å²) in [6.45, 7) is 5.87. The molecule has 0 N–H and O–H groups in total. The smallest absolute Gasteiger partial charge is 0.260 e. The molecule has 0 radical (unpaired) electrons. The minimum Gasteiger partial charge on any atom is -0.496 e. The average Bonchev–Trinajstić information content (AvgIpc) is 2.74. The van der Waals surface area contributed by atoms with E-state index >= 15 is 0 Å². The number of carbonyl (C=O) groups excluding carboxylic acids is 1. The number of carbonyl (C=O) groups is 1. The maximum atomic E-state index is 12.5. The van der Waals surface area contributed by atoms with E-state index in [1.807, 2.05) is 48.2 Å². The Kier molecular flexibility index (Phi) is 7.39. The number of piperazine rings is 1. The van der Waals surface area contributed by atoms with Crippen LogP contribution in [-0.2, 0) is 11.3 Å². The highest BCUT2D eigenvalue weighted by Crippen LogP contribution is 2.32. The standard InChI is InChI=1S/C22H27BrN2O4/c1-16-20(27-2)9-4-17(22(16)28-3)14-24-10-12-25(13-11-24)21(26)15-29-19-7-5-18(23)6-8-19/h4-9H,10-15H2,1-3H3. The molecule has 0 atom stereocenters. The minimum absolute atomic E-state index is 0.0189. The molecule has 0 bridgehead atoms. The topological polar surface area (TPSA) is 51.2 Å². The summed E-state index contributed by atoms with van der Waals surface area (Å²) in [7, 11) is 3.35. The van der Waals surface area contributed by atoms with Crippen molar-refractivity contribution in [3.05, 3.63) is 52.0 Å². The Morgan fingerprint density at radius 3 is 2.31 bits per heavy atom. The molecule has 1 heterocycles. The zero-order chi connectivity index (χ0) is 20.8. The molecule has 2 aromatic rings. The van der Waals surface area contributed by atoms with Gasteiger partial charge in [0, 0.05) is 48.3 Å². The number of rotatable bonds is 7. The van der Waals surface area contributed by atoms with Gasteiger partial charge in [-0.2, -0.15) is 0 Å². The molecule has 0 spiro atoms. The van der Waals surface area contributed by atoms with Gasteiger partial charge in [-0.25, -0.2) is 0 Å². The molecule has 6 nitrogen and oxygen atoms in total. The van der Waals surface area contributed by atoms with Crippen LogP contribution in [0.2, 0.25) is 0 Å². The van der Waals surface area contributed by atoms with Crippen LogP contribution in [0, 0.1) is 6.92 Å². The van der Waals surface area contributed by atoms with Gasteiger partial charge < -0.3 is 19.1 Å². The Labute approximate surface area is 180 Å². The molecular weight excluding hydrogens is 436 g/mol. The van der Waals surface area contributed by atoms with Gasteiger partial charge in [-0.3, -0.25) is 9.69 Å². The van der Waals surface area contributed by atoms with Gasteiger partial charge in [0.1, 0.15) is 17.2 Å². The van der Waals surface area contributed by atoms with Crippen molar-refractivity contribution in [2.45, 2.75) is 13.5 Å². The molecule has 0 aliphatic carbocycles. The van der Waals surface area contributed by atoms with Crippen molar-refractivity contribution < 1.29 is 19.0 Å². The van der Waals surface area contributed by atoms with Gasteiger partial charge in [0.2, 0.25) is 0 Å². The summed E-state index contributed by atoms with van der Waals surface area (Å²) in [5.74, 6) is 2.41. The summed E-state index contributed by atoms with van der Waals surface area (Å²) >= 11 is 3.39. The van der Waals surface area contributed by atoms with E-state index in [9.17, 15) is 4.79 Å². The normalized spacial score (nSPS) is 14.6. The third kappa shape index (κ3) is 5.42. The second kappa shape index (κ2) is 9.98. The minimum atomic E-state index is 0.0189. The lowest BCUT2D eigenvalue weighted by atomic mass is 10.1. The van der Waals surface area contributed by atoms with Crippen LogP contribution in [0.4, 0.5) is 0 Å². The molecule has 3 rings (SSSR count). The molecule has 0 saturated carbocycles. The van der Waals surface area contributed by atoms with Gasteiger partial charge in [0.25, 0.3) is 5.91 Å². The van der Waals surface area contributed by atoms with Gasteiger partial charge in [-0.15, -0.1) is 0 Å². The third-order valence-electron chi connectivity index (χ3n) is 5.16. The van der Waals surface area contributed by atoms with Gasteiger partial charge >= 0.3 is 0 Å². The van der Waals surface area contributed by atoms with Crippen LogP contribution >= 0.6 is 15.9 Å². The van der Waals surface area contributed by atoms with Gasteiger partial charge in [-0.05, 0) is 37.3 Å². The monoisotopic (exact) mass is 462 g/mol. The predicted molar refractivity (Wildman–Crippen MR) is 116 cm³/mol. The molecule has 1 saturated heterocycles. The molecule has 2 aromatic carbocycles. The number of hydrogen-bond donors (Lipinski definition) is 0. The van der Waals surface area contributed by atoms with Crippen molar-refractivity contribution in [2.75, 3.05) is 47.0 Å². The first-order valence-electron chi connectivity index (χ1n) is 9.60. The van der Waals surface area contributed by atoms with Gasteiger partial charge in [0.15, 0.2) is 6.61 Å². The van der Waals surface area contributed by atoms with E-state index in [4.69, 9.17) is 14.2 Å². The third-order valence-corrected chi connectivity index (χ3v) is 5.69. The fourth-order valence-electron chi connectivity index (χ4n) is 3.52. The zero-order valence-electron chi connectivity index (χ0n) is 17.1. The highest BCUT2D eigenvalue weighted by molar-refractivity contribution is 9.10. The Balaban J connectivity index is 1.51. The Morgan fingerprint density at radius 2 is 1.69 bits per heavy atom. The summed E-state index contributed by atoms with van der Waals surface area (Å²) in [6.07, 6.45) is 0. The summed E-state index contributed by atoms with van der Waals surface area (Å²) in [5.41, 5.74) is 2.13. The molecule has 29 heavy (non-hydrogen) atoms. The van der Waals surface area contributed by atoms with E-state index in [1.54, 1.807) is 14.2 Å². The number of ether oxygens (including phenoxy) is 3. The molecule has 0 unspecified atom stereocenters. The highest BCUT2D eigenvalue weighted by Gasteiger charge is 2.23. The first-order valence-corrected chi connectivity index (χ1v) is 10.4. The Bertz CT molecular complexity index is 833. The number of benzene rings is 2. The van der Waals surface area contributed by atoms with Crippen molar-refractivity contribution in [1.29, 1.82) is 0 Å². The lowest BCUT2D eigenvalue weighted by Crippen LogP contribution is -2.49. The predicted octanol–water partition coefficient (Wildman–Crippen LogP) is 3.50. The summed E-state index contributed by atoms with van der Waals surface area (Å²) in [5, 5.41) is 0. The molecule has 156 valence electrons. The van der Waals surface area contributed by atoms with Crippen LogP contribution in [0.1, 0.15) is 11.1 Å². The van der Waals surface area contributed by atoms with Crippen molar-refractivity contribution >= 4 is 21.8 Å². The zero-order valence-corrected chi connectivity index (χ0v) is 18.7. The lowest BCUT2D eigenvalue weighted by molar-refractivity contribution is -0.135. The van der Waals surface area contributed by atoms with E-state index in [1.165, 1.54) is 0 Å². The first kappa shape index (κ1) is 21.5. The number of hydrogen-bond acceptors (Lipinski definition) is 5. The second-order valence-electron chi connectivity index (χ2n) is 6.98. The maximum absolute atomic E-state index is 12.5. The molecule has 1 aliphatic rings. The quantitative estimate of drug-likeness (QED) is 0.630. The van der Waals surface area contributed by atoms with Crippen molar-refractivity contribution in [2.24, 2.45) is 0 Å². The Hall–Kier alpha value is -2.25. The number of halogens is 1. The van der Waals surface area contributed by atoms with E-state index in [-0.39, 0.29) is 12.5 Å². The number of amides is 1. The number of nitrogens with zero attached hydrogens (tertiary/aromatic N) is 2. The van der Waals surface area contributed by atoms with Crippen LogP contribution in [0.3, 0.4) is 0 Å². The summed E-state index contributed by atoms with van der Waals surface area (Å²) in [6, 6.07) is 11.5. The summed E-state index contributed by atoms with van der Waals surface area (Å²) < 4.78 is 17.6. The molecule has 1 aliphatic heterocycles. The molecule has 1 amide bonds. The fraction of sp³-hybridized carbons (Fsp3) is 0.409. The van der Waals surface area contributed by atoms with Gasteiger partial charge in [-0.1, -0.05) is 22.0 Å². The summed E-state index contributed by atoms with van der Waals surface area (Å²) in [4.78, 5) is 16.7. The van der Waals surface area contributed by atoms with E-state index < -0.39 is 0 Å². The SMILES string of the molecule is COc1ccc(CN2CCN(C(=O)COc3ccc(Br)cc3)CC2)c(OC)c1C. The molecule has 1 fully saturated rings. The van der Waals surface area contributed by atoms with E-state index in [0.29, 0.717) is 18.8 Å². The van der Waals surface area contributed by atoms with Crippen molar-refractivity contribution in [3.63, 3.8) is 0 Å². The van der Waals surface area contributed by atoms with Crippen molar-refractivity contribution in [3.8, 4) is 17.2 Å². The fourth-order valence-corrected chi connectivity index (χ4v) is 3.79. The molecule has 0 aromatic heterocycles. The maximum Gasteiger partial charge on any atom is 0.260 e. The largest absolute Gasteiger partial charge is 0.496 e. The molecular formula is C22H27BrN2O4. The van der Waals surface area contributed by atoms with Crippen LogP contribution < -0.4 is 14.2 Å². The van der Waals surface area contributed by atoms with Crippen LogP contribution in [0.5, 0.6) is 17.2 Å². The van der Waals surface area contributed by atoms with Crippen LogP contribution in [0.25, 0.3) is 0 Å². The first-order chi connectivity index (χ1) is 14.0. The van der Waals surface area contributed by atoms with E-state index in [2.05, 4.69) is 20.8 Å². The van der Waals surface area contributed by atoms with E-state index in [0.717, 1.165) is 46.7 Å².